The average molecular weight is 766 g/mol. The van der Waals surface area contributed by atoms with E-state index in [1.54, 1.807) is 53.1 Å². The topological polar surface area (TPSA) is 123 Å². The molecule has 264 valence electrons. The molecule has 3 rings (SSSR count). The van der Waals surface area contributed by atoms with Crippen molar-refractivity contribution in [2.24, 2.45) is 15.0 Å². The van der Waals surface area contributed by atoms with E-state index in [1.807, 2.05) is 27.0 Å². The molecule has 0 aliphatic rings. The molecule has 0 aliphatic carbocycles. The molecule has 3 heterocycles. The van der Waals surface area contributed by atoms with Gasteiger partial charge in [-0.1, -0.05) is 24.0 Å². The Morgan fingerprint density at radius 1 is 0.646 bits per heavy atom. The number of nitrogens with zero attached hydrogens (tertiary/aromatic N) is 9. The van der Waals surface area contributed by atoms with Crippen LogP contribution in [0.25, 0.3) is 0 Å². The molecule has 10 nitrogen and oxygen atoms in total. The molecule has 1 N–H and O–H groups in total. The fourth-order valence-electron chi connectivity index (χ4n) is 5.00. The Bertz CT molecular complexity index is 1120. The molecule has 3 aromatic heterocycles. The normalized spacial score (nSPS) is 11.7. The number of nitrogens with one attached hydrogen (secondary N) is 1. The van der Waals surface area contributed by atoms with Gasteiger partial charge in [0.2, 0.25) is 0 Å². The van der Waals surface area contributed by atoms with Crippen molar-refractivity contribution < 1.29 is 0 Å². The molecule has 0 spiro atoms. The quantitative estimate of drug-likeness (QED) is 0.0522. The molecule has 0 aliphatic heterocycles. The summed E-state index contributed by atoms with van der Waals surface area (Å²) in [4.78, 5) is 39.7. The van der Waals surface area contributed by atoms with Crippen LogP contribution < -0.4 is 9.97 Å². The molecule has 0 fully saturated rings. The molecule has 0 unspecified atom stereocenters. The van der Waals surface area contributed by atoms with Gasteiger partial charge in [-0.3, -0.25) is 19.9 Å². The predicted octanol–water partition coefficient (Wildman–Crippen LogP) is 7.25. The Hall–Kier alpha value is -2.60. The van der Waals surface area contributed by atoms with Crippen LogP contribution in [0.4, 0.5) is 0 Å². The minimum Gasteiger partial charge on any atom is -0.447 e. The van der Waals surface area contributed by atoms with Crippen LogP contribution in [0.3, 0.4) is 0 Å². The van der Waals surface area contributed by atoms with E-state index in [9.17, 15) is 0 Å². The maximum absolute atomic E-state index is 4.51. The van der Waals surface area contributed by atoms with Crippen molar-refractivity contribution in [2.45, 2.75) is 121 Å². The minimum atomic E-state index is 0.0736. The molecule has 11 heteroatoms. The largest absolute Gasteiger partial charge is 0.447 e. The van der Waals surface area contributed by atoms with Gasteiger partial charge in [-0.05, 0) is 32.2 Å². The summed E-state index contributed by atoms with van der Waals surface area (Å²) >= 11 is 0.0736. The third-order valence-corrected chi connectivity index (χ3v) is 12.2. The van der Waals surface area contributed by atoms with Crippen LogP contribution in [0.1, 0.15) is 125 Å². The van der Waals surface area contributed by atoms with Gasteiger partial charge in [-0.15, -0.1) is 0 Å². The van der Waals surface area contributed by atoms with Crippen molar-refractivity contribution in [1.29, 1.82) is 0 Å². The van der Waals surface area contributed by atoms with Crippen molar-refractivity contribution >= 4 is 39.8 Å². The SMILES string of the molecule is CCCCCCC[CH2][Sn+2][CH2]CCCCCCC.Cc1nc[n-]c1C=NCCN(CCN=Cc1nc[nH]c1C)CCN=Cc1[n-]cnc1C. The molecule has 0 aromatic carbocycles. The average Bonchev–Trinajstić information content (AvgIpc) is 3.82. The van der Waals surface area contributed by atoms with Gasteiger partial charge >= 0.3 is 121 Å². The standard InChI is InChI=1S/C21H28N10.2C8H17.Sn/c1-16-19(28-13-25-16)10-22-4-7-31(8-5-23-11-20-17(2)26-14-29-20)9-6-24-12-21-18(3)27-15-30-21;2*1-3-5-7-8-6-4-2;/h10-15H,4-9H2,1-3H3,(H-2,25,26,27,28,29,30);2*1,3-8H2,2H3;/q-2;;;+2. The molecule has 3 aromatic rings. The van der Waals surface area contributed by atoms with E-state index in [4.69, 9.17) is 0 Å². The van der Waals surface area contributed by atoms with Crippen LogP contribution in [0.2, 0.25) is 8.87 Å². The molecule has 48 heavy (non-hydrogen) atoms. The van der Waals surface area contributed by atoms with Gasteiger partial charge in [0.1, 0.15) is 5.69 Å². The number of H-pyrrole nitrogens is 1. The van der Waals surface area contributed by atoms with E-state index in [0.29, 0.717) is 19.6 Å². The maximum Gasteiger partial charge on any atom is 0.101 e. The summed E-state index contributed by atoms with van der Waals surface area (Å²) in [5.74, 6) is 0. The molecule has 0 saturated heterocycles. The first kappa shape index (κ1) is 41.6. The van der Waals surface area contributed by atoms with Crippen molar-refractivity contribution in [1.82, 2.24) is 34.8 Å². The zero-order valence-corrected chi connectivity index (χ0v) is 33.5. The second-order valence-corrected chi connectivity index (χ2v) is 16.6. The molecular formula is C37H62N10Sn. The van der Waals surface area contributed by atoms with Crippen LogP contribution in [0.5, 0.6) is 0 Å². The molecular weight excluding hydrogens is 703 g/mol. The summed E-state index contributed by atoms with van der Waals surface area (Å²) in [5.41, 5.74) is 5.31. The van der Waals surface area contributed by atoms with Gasteiger partial charge in [-0.25, -0.2) is 4.98 Å². The summed E-state index contributed by atoms with van der Waals surface area (Å²) in [6.07, 6.45) is 28.0. The van der Waals surface area contributed by atoms with E-state index in [2.05, 4.69) is 63.6 Å². The molecule has 0 amide bonds. The summed E-state index contributed by atoms with van der Waals surface area (Å²) in [5, 5.41) is 0. The van der Waals surface area contributed by atoms with Crippen LogP contribution in [0.15, 0.2) is 34.0 Å². The number of rotatable bonds is 26. The first-order valence-corrected chi connectivity index (χ1v) is 22.4. The predicted molar refractivity (Wildman–Crippen MR) is 204 cm³/mol. The van der Waals surface area contributed by atoms with Crippen LogP contribution >= 0.6 is 0 Å². The van der Waals surface area contributed by atoms with Gasteiger partial charge in [0.25, 0.3) is 0 Å². The monoisotopic (exact) mass is 766 g/mol. The number of aliphatic imine (C=N–C) groups is 3. The summed E-state index contributed by atoms with van der Waals surface area (Å²) in [7, 11) is 0. The third-order valence-electron chi connectivity index (χ3n) is 8.20. The van der Waals surface area contributed by atoms with Gasteiger partial charge in [0, 0.05) is 44.0 Å². The second kappa shape index (κ2) is 28.3. The Labute approximate surface area is 301 Å². The van der Waals surface area contributed by atoms with Crippen molar-refractivity contribution in [3.05, 3.63) is 53.1 Å². The van der Waals surface area contributed by atoms with Crippen molar-refractivity contribution in [3.63, 3.8) is 0 Å². The number of hydrogen-bond donors (Lipinski definition) is 1. The van der Waals surface area contributed by atoms with E-state index in [-0.39, 0.29) is 21.1 Å². The number of imidazole rings is 3. The zero-order chi connectivity index (χ0) is 34.5. The Morgan fingerprint density at radius 3 is 1.52 bits per heavy atom. The number of aromatic nitrogens is 6. The fourth-order valence-corrected chi connectivity index (χ4v) is 8.57. The van der Waals surface area contributed by atoms with Gasteiger partial charge in [0.05, 0.1) is 26.0 Å². The smallest absolute Gasteiger partial charge is 0.101 e. The number of aryl methyl sites for hydroxylation is 3. The maximum atomic E-state index is 4.51. The molecule has 0 bridgehead atoms. The Kier molecular flexibility index (Phi) is 24.5. The van der Waals surface area contributed by atoms with Crippen LogP contribution in [-0.4, -0.2) is 104 Å². The van der Waals surface area contributed by atoms with Crippen LogP contribution in [0, 0.1) is 20.8 Å². The Morgan fingerprint density at radius 2 is 1.10 bits per heavy atom. The number of aromatic amines is 1. The third kappa shape index (κ3) is 20.0. The van der Waals surface area contributed by atoms with Crippen molar-refractivity contribution in [2.75, 3.05) is 39.3 Å². The molecule has 0 radical (unpaired) electrons. The molecule has 0 atom stereocenters. The van der Waals surface area contributed by atoms with E-state index in [0.717, 1.165) is 53.8 Å². The first-order valence-electron chi connectivity index (χ1n) is 18.4. The van der Waals surface area contributed by atoms with Gasteiger partial charge in [0.15, 0.2) is 0 Å². The van der Waals surface area contributed by atoms with Gasteiger partial charge in [-0.2, -0.15) is 0 Å². The zero-order valence-electron chi connectivity index (χ0n) is 30.6. The second-order valence-electron chi connectivity index (χ2n) is 12.3. The minimum absolute atomic E-state index is 0.0736. The van der Waals surface area contributed by atoms with Crippen LogP contribution in [-0.2, 0) is 0 Å². The fraction of sp³-hybridized carbons (Fsp3) is 0.676. The summed E-state index contributed by atoms with van der Waals surface area (Å²) in [6.45, 7) is 14.9. The van der Waals surface area contributed by atoms with Gasteiger partial charge < -0.3 is 24.9 Å². The summed E-state index contributed by atoms with van der Waals surface area (Å²) < 4.78 is 3.31. The van der Waals surface area contributed by atoms with E-state index in [1.165, 1.54) is 64.2 Å². The van der Waals surface area contributed by atoms with E-state index < -0.39 is 0 Å². The van der Waals surface area contributed by atoms with Crippen molar-refractivity contribution in [3.8, 4) is 0 Å². The van der Waals surface area contributed by atoms with E-state index >= 15 is 0 Å². The molecule has 0 saturated carbocycles. The summed E-state index contributed by atoms with van der Waals surface area (Å²) in [6, 6.07) is 0. The number of unbranched alkanes of at least 4 members (excludes halogenated alkanes) is 10. The first-order chi connectivity index (χ1) is 23.5. The Balaban J connectivity index is 0.000000401. The number of hydrogen-bond acceptors (Lipinski definition) is 7.